The Hall–Kier alpha value is -3.43. The molecule has 204 valence electrons. The van der Waals surface area contributed by atoms with Crippen LogP contribution in [0.2, 0.25) is 0 Å². The molecule has 0 saturated carbocycles. The largest absolute Gasteiger partial charge is 0.379 e. The second-order valence-electron chi connectivity index (χ2n) is 10.0. The van der Waals surface area contributed by atoms with Gasteiger partial charge in [0.05, 0.1) is 31.5 Å². The van der Waals surface area contributed by atoms with E-state index in [1.165, 1.54) is 16.9 Å². The van der Waals surface area contributed by atoms with E-state index in [2.05, 4.69) is 53.6 Å². The van der Waals surface area contributed by atoms with E-state index in [1.807, 2.05) is 25.1 Å². The molecule has 0 radical (unpaired) electrons. The van der Waals surface area contributed by atoms with Gasteiger partial charge in [-0.25, -0.2) is 15.0 Å². The van der Waals surface area contributed by atoms with Crippen LogP contribution in [0.4, 0.5) is 10.9 Å². The smallest absolute Gasteiger partial charge is 0.271 e. The SMILES string of the molecule is Cc1nc(Nc2nc(C(=O)NCc3cccc(CN4CCOCC4)c3)cs2)cc([C@@H]2CCCN(CC#N)C2)n1. The highest BCUT2D eigenvalue weighted by atomic mass is 32.1. The van der Waals surface area contributed by atoms with E-state index in [-0.39, 0.29) is 11.8 Å². The normalized spacial score (nSPS) is 18.4. The predicted molar refractivity (Wildman–Crippen MR) is 150 cm³/mol. The molecule has 1 atom stereocenters. The average Bonchev–Trinajstić information content (AvgIpc) is 3.41. The van der Waals surface area contributed by atoms with Crippen LogP contribution in [0.5, 0.6) is 0 Å². The lowest BCUT2D eigenvalue weighted by Gasteiger charge is -2.30. The number of amides is 1. The molecule has 2 N–H and O–H groups in total. The summed E-state index contributed by atoms with van der Waals surface area (Å²) in [5.74, 6) is 1.39. The molecule has 10 nitrogen and oxygen atoms in total. The molecule has 2 aliphatic heterocycles. The summed E-state index contributed by atoms with van der Waals surface area (Å²) >= 11 is 1.37. The summed E-state index contributed by atoms with van der Waals surface area (Å²) in [5.41, 5.74) is 3.63. The number of carbonyl (C=O) groups is 1. The maximum absolute atomic E-state index is 12.8. The van der Waals surface area contributed by atoms with Gasteiger partial charge in [0.15, 0.2) is 5.13 Å². The van der Waals surface area contributed by atoms with Crippen LogP contribution >= 0.6 is 11.3 Å². The van der Waals surface area contributed by atoms with Gasteiger partial charge < -0.3 is 15.4 Å². The summed E-state index contributed by atoms with van der Waals surface area (Å²) in [6.07, 6.45) is 2.08. The Balaban J connectivity index is 1.17. The highest BCUT2D eigenvalue weighted by Gasteiger charge is 2.23. The molecule has 0 bridgehead atoms. The summed E-state index contributed by atoms with van der Waals surface area (Å²) in [5, 5.41) is 17.7. The fourth-order valence-corrected chi connectivity index (χ4v) is 5.78. The molecule has 2 aromatic heterocycles. The van der Waals surface area contributed by atoms with E-state index in [4.69, 9.17) is 10.00 Å². The molecular weight excluding hydrogens is 512 g/mol. The Morgan fingerprint density at radius 2 is 2.00 bits per heavy atom. The van der Waals surface area contributed by atoms with Crippen molar-refractivity contribution in [1.82, 2.24) is 30.1 Å². The first kappa shape index (κ1) is 27.1. The van der Waals surface area contributed by atoms with Gasteiger partial charge in [-0.3, -0.25) is 14.6 Å². The Labute approximate surface area is 233 Å². The third kappa shape index (κ3) is 7.58. The van der Waals surface area contributed by atoms with Crippen LogP contribution in [0.1, 0.15) is 51.9 Å². The quantitative estimate of drug-likeness (QED) is 0.389. The summed E-state index contributed by atoms with van der Waals surface area (Å²) in [6.45, 7) is 8.85. The number of morpholine rings is 1. The molecule has 2 aliphatic rings. The minimum atomic E-state index is -0.211. The molecule has 1 amide bonds. The predicted octanol–water partition coefficient (Wildman–Crippen LogP) is 3.45. The van der Waals surface area contributed by atoms with Gasteiger partial charge in [-0.05, 0) is 37.4 Å². The first-order valence-electron chi connectivity index (χ1n) is 13.4. The molecule has 0 unspecified atom stereocenters. The van der Waals surface area contributed by atoms with Gasteiger partial charge in [0.1, 0.15) is 17.3 Å². The van der Waals surface area contributed by atoms with Crippen molar-refractivity contribution in [3.8, 4) is 6.07 Å². The zero-order valence-corrected chi connectivity index (χ0v) is 23.0. The summed E-state index contributed by atoms with van der Waals surface area (Å²) < 4.78 is 5.43. The molecule has 0 aliphatic carbocycles. The lowest BCUT2D eigenvalue weighted by molar-refractivity contribution is 0.0342. The number of aromatic nitrogens is 3. The maximum Gasteiger partial charge on any atom is 0.271 e. The van der Waals surface area contributed by atoms with Gasteiger partial charge in [0.2, 0.25) is 0 Å². The third-order valence-electron chi connectivity index (χ3n) is 7.00. The van der Waals surface area contributed by atoms with Gasteiger partial charge in [0.25, 0.3) is 5.91 Å². The van der Waals surface area contributed by atoms with Crippen molar-refractivity contribution in [3.63, 3.8) is 0 Å². The molecule has 39 heavy (non-hydrogen) atoms. The fourth-order valence-electron chi connectivity index (χ4n) is 5.08. The van der Waals surface area contributed by atoms with Crippen LogP contribution in [0.15, 0.2) is 35.7 Å². The molecule has 4 heterocycles. The van der Waals surface area contributed by atoms with Crippen molar-refractivity contribution in [3.05, 3.63) is 64.1 Å². The second-order valence-corrected chi connectivity index (χ2v) is 10.9. The van der Waals surface area contributed by atoms with Crippen molar-refractivity contribution >= 4 is 28.2 Å². The number of hydrogen-bond acceptors (Lipinski definition) is 10. The molecule has 5 rings (SSSR count). The number of carbonyl (C=O) groups excluding carboxylic acids is 1. The van der Waals surface area contributed by atoms with Crippen molar-refractivity contribution in [2.75, 3.05) is 51.3 Å². The molecular formula is C28H34N8O2S. The van der Waals surface area contributed by atoms with E-state index >= 15 is 0 Å². The number of likely N-dealkylation sites (tertiary alicyclic amines) is 1. The molecule has 0 spiro atoms. The van der Waals surface area contributed by atoms with E-state index in [0.29, 0.717) is 35.6 Å². The summed E-state index contributed by atoms with van der Waals surface area (Å²) in [6, 6.07) is 12.5. The molecule has 11 heteroatoms. The third-order valence-corrected chi connectivity index (χ3v) is 7.76. The molecule has 2 saturated heterocycles. The number of anilines is 2. The van der Waals surface area contributed by atoms with Gasteiger partial charge in [0, 0.05) is 50.1 Å². The first-order valence-corrected chi connectivity index (χ1v) is 14.3. The van der Waals surface area contributed by atoms with Gasteiger partial charge in [-0.1, -0.05) is 24.3 Å². The Bertz CT molecular complexity index is 1320. The minimum absolute atomic E-state index is 0.211. The number of nitrogens with zero attached hydrogens (tertiary/aromatic N) is 6. The first-order chi connectivity index (χ1) is 19.1. The number of piperidine rings is 1. The highest BCUT2D eigenvalue weighted by Crippen LogP contribution is 2.28. The van der Waals surface area contributed by atoms with Crippen molar-refractivity contribution < 1.29 is 9.53 Å². The number of hydrogen-bond donors (Lipinski definition) is 2. The number of ether oxygens (including phenoxy) is 1. The molecule has 2 fully saturated rings. The summed E-state index contributed by atoms with van der Waals surface area (Å²) in [4.78, 5) is 31.1. The standard InChI is InChI=1S/C28H34N8O2S/c1-20-31-24(23-6-3-8-35(18-23)9-7-29)15-26(32-20)34-28-33-25(19-39-28)27(37)30-16-21-4-2-5-22(14-21)17-36-10-12-38-13-11-36/h2,4-5,14-15,19,23H,3,6,8-13,16-18H2,1H3,(H,30,37)(H,31,32,33,34)/t23-/m1/s1. The minimum Gasteiger partial charge on any atom is -0.379 e. The number of nitrogens with one attached hydrogen (secondary N) is 2. The van der Waals surface area contributed by atoms with Crippen LogP contribution < -0.4 is 10.6 Å². The van der Waals surface area contributed by atoms with E-state index in [1.54, 1.807) is 5.38 Å². The zero-order chi connectivity index (χ0) is 27.0. The van der Waals surface area contributed by atoms with Crippen LogP contribution in [0.25, 0.3) is 0 Å². The van der Waals surface area contributed by atoms with Crippen LogP contribution in [0, 0.1) is 18.3 Å². The maximum atomic E-state index is 12.8. The zero-order valence-electron chi connectivity index (χ0n) is 22.2. The van der Waals surface area contributed by atoms with Crippen LogP contribution in [-0.2, 0) is 17.8 Å². The Morgan fingerprint density at radius 3 is 2.85 bits per heavy atom. The van der Waals surface area contributed by atoms with Crippen molar-refractivity contribution in [1.29, 1.82) is 5.26 Å². The number of aryl methyl sites for hydroxylation is 1. The highest BCUT2D eigenvalue weighted by molar-refractivity contribution is 7.14. The molecule has 3 aromatic rings. The van der Waals surface area contributed by atoms with Crippen LogP contribution in [0.3, 0.4) is 0 Å². The Kier molecular flexibility index (Phi) is 9.11. The van der Waals surface area contributed by atoms with Crippen molar-refractivity contribution in [2.45, 2.75) is 38.8 Å². The van der Waals surface area contributed by atoms with Gasteiger partial charge >= 0.3 is 0 Å². The van der Waals surface area contributed by atoms with Gasteiger partial charge in [-0.2, -0.15) is 5.26 Å². The Morgan fingerprint density at radius 1 is 1.15 bits per heavy atom. The topological polar surface area (TPSA) is 119 Å². The van der Waals surface area contributed by atoms with E-state index < -0.39 is 0 Å². The van der Waals surface area contributed by atoms with Gasteiger partial charge in [-0.15, -0.1) is 11.3 Å². The number of benzene rings is 1. The fraction of sp³-hybridized carbons (Fsp3) is 0.464. The monoisotopic (exact) mass is 546 g/mol. The summed E-state index contributed by atoms with van der Waals surface area (Å²) in [7, 11) is 0. The number of rotatable bonds is 9. The lowest BCUT2D eigenvalue weighted by atomic mass is 9.94. The second kappa shape index (κ2) is 13.1. The van der Waals surface area contributed by atoms with E-state index in [9.17, 15) is 4.79 Å². The average molecular weight is 547 g/mol. The number of nitriles is 1. The lowest BCUT2D eigenvalue weighted by Crippen LogP contribution is -2.35. The number of thiazole rings is 1. The van der Waals surface area contributed by atoms with E-state index in [0.717, 1.165) is 70.0 Å². The van der Waals surface area contributed by atoms with Crippen molar-refractivity contribution in [2.24, 2.45) is 0 Å². The van der Waals surface area contributed by atoms with Crippen LogP contribution in [-0.4, -0.2) is 76.6 Å². The molecule has 1 aromatic carbocycles.